The van der Waals surface area contributed by atoms with Crippen LogP contribution in [0.4, 0.5) is 4.39 Å². The molecule has 0 aliphatic carbocycles. The van der Waals surface area contributed by atoms with Crippen LogP contribution in [0.1, 0.15) is 44.9 Å². The summed E-state index contributed by atoms with van der Waals surface area (Å²) in [5.41, 5.74) is 3.98. The van der Waals surface area contributed by atoms with Crippen LogP contribution >= 0.6 is 0 Å². The molecule has 2 heterocycles. The van der Waals surface area contributed by atoms with E-state index in [1.165, 1.54) is 12.1 Å². The molecule has 0 N–H and O–H groups in total. The van der Waals surface area contributed by atoms with Gasteiger partial charge in [0, 0.05) is 37.6 Å². The highest BCUT2D eigenvalue weighted by atomic mass is 32.2. The average Bonchev–Trinajstić information content (AvgIpc) is 3.15. The quantitative estimate of drug-likeness (QED) is 0.483. The van der Waals surface area contributed by atoms with Crippen LogP contribution in [-0.2, 0) is 10.0 Å². The second-order valence-corrected chi connectivity index (χ2v) is 12.2. The number of hydrogen-bond acceptors (Lipinski definition) is 4. The first-order valence-corrected chi connectivity index (χ1v) is 13.6. The lowest BCUT2D eigenvalue weighted by Gasteiger charge is -2.42. The molecule has 184 valence electrons. The molecule has 0 radical (unpaired) electrons. The molecule has 4 rings (SSSR count). The van der Waals surface area contributed by atoms with Gasteiger partial charge in [-0.3, -0.25) is 4.90 Å². The molecule has 3 aromatic rings. The standard InChI is InChI=1S/C26H35FN4O2S/c1-18(2)15-29-10-11-30(34(32,33)17-19(3)4)16-26(29)24-13-21-14-28-31(25(21)12-20(24)5)23-8-6-22(27)7-9-23/h6-9,12-14,18-19,26H,10-11,15-17H2,1-5H3/t26-/m0/s1. The van der Waals surface area contributed by atoms with Gasteiger partial charge in [0.1, 0.15) is 5.82 Å². The van der Waals surface area contributed by atoms with Crippen LogP contribution in [-0.4, -0.2) is 59.3 Å². The molecular formula is C26H35FN4O2S. The Morgan fingerprint density at radius 1 is 1.06 bits per heavy atom. The van der Waals surface area contributed by atoms with Crippen LogP contribution in [0, 0.1) is 24.6 Å². The Morgan fingerprint density at radius 3 is 2.41 bits per heavy atom. The summed E-state index contributed by atoms with van der Waals surface area (Å²) in [5.74, 6) is 0.462. The van der Waals surface area contributed by atoms with E-state index in [0.29, 0.717) is 25.6 Å². The van der Waals surface area contributed by atoms with Crippen LogP contribution in [0.25, 0.3) is 16.6 Å². The molecule has 6 nitrogen and oxygen atoms in total. The third-order valence-electron chi connectivity index (χ3n) is 6.38. The molecule has 34 heavy (non-hydrogen) atoms. The summed E-state index contributed by atoms with van der Waals surface area (Å²) < 4.78 is 43.0. The highest BCUT2D eigenvalue weighted by Gasteiger charge is 2.35. The van der Waals surface area contributed by atoms with Crippen LogP contribution in [0.15, 0.2) is 42.6 Å². The van der Waals surface area contributed by atoms with E-state index in [0.717, 1.165) is 34.3 Å². The van der Waals surface area contributed by atoms with E-state index >= 15 is 0 Å². The summed E-state index contributed by atoms with van der Waals surface area (Å²) in [4.78, 5) is 2.42. The molecule has 0 saturated carbocycles. The summed E-state index contributed by atoms with van der Waals surface area (Å²) in [5, 5.41) is 5.53. The van der Waals surface area contributed by atoms with Crippen molar-refractivity contribution < 1.29 is 12.8 Å². The zero-order valence-corrected chi connectivity index (χ0v) is 21.5. The summed E-state index contributed by atoms with van der Waals surface area (Å²) in [7, 11) is -3.31. The Labute approximate surface area is 202 Å². The van der Waals surface area contributed by atoms with Crippen molar-refractivity contribution in [2.75, 3.05) is 31.9 Å². The molecular weight excluding hydrogens is 451 g/mol. The van der Waals surface area contributed by atoms with Gasteiger partial charge >= 0.3 is 0 Å². The highest BCUT2D eigenvalue weighted by molar-refractivity contribution is 7.89. The monoisotopic (exact) mass is 486 g/mol. The van der Waals surface area contributed by atoms with Crippen molar-refractivity contribution in [1.29, 1.82) is 0 Å². The lowest BCUT2D eigenvalue weighted by Crippen LogP contribution is -2.52. The fourth-order valence-electron chi connectivity index (χ4n) is 4.90. The van der Waals surface area contributed by atoms with Crippen molar-refractivity contribution in [2.24, 2.45) is 11.8 Å². The summed E-state index contributed by atoms with van der Waals surface area (Å²) >= 11 is 0. The number of rotatable bonds is 7. The summed E-state index contributed by atoms with van der Waals surface area (Å²) in [6.45, 7) is 13.0. The zero-order chi connectivity index (χ0) is 24.6. The fraction of sp³-hybridized carbons (Fsp3) is 0.500. The Morgan fingerprint density at radius 2 is 1.76 bits per heavy atom. The van der Waals surface area contributed by atoms with E-state index in [4.69, 9.17) is 0 Å². The smallest absolute Gasteiger partial charge is 0.214 e. The van der Waals surface area contributed by atoms with Crippen molar-refractivity contribution in [2.45, 2.75) is 40.7 Å². The number of hydrogen-bond donors (Lipinski definition) is 0. The van der Waals surface area contributed by atoms with Gasteiger partial charge in [0.25, 0.3) is 0 Å². The molecule has 0 bridgehead atoms. The van der Waals surface area contributed by atoms with Crippen molar-refractivity contribution in [3.63, 3.8) is 0 Å². The van der Waals surface area contributed by atoms with E-state index in [1.807, 2.05) is 24.7 Å². The van der Waals surface area contributed by atoms with Gasteiger partial charge in [0.15, 0.2) is 0 Å². The Bertz CT molecular complexity index is 1250. The number of aromatic nitrogens is 2. The number of fused-ring (bicyclic) bond motifs is 1. The van der Waals surface area contributed by atoms with E-state index in [2.05, 4.69) is 42.9 Å². The maximum atomic E-state index is 13.4. The predicted octanol–water partition coefficient (Wildman–Crippen LogP) is 4.77. The number of halogens is 1. The molecule has 1 fully saturated rings. The minimum absolute atomic E-state index is 0.0170. The van der Waals surface area contributed by atoms with Crippen molar-refractivity contribution >= 4 is 20.9 Å². The molecule has 0 spiro atoms. The van der Waals surface area contributed by atoms with Gasteiger partial charge in [-0.2, -0.15) is 9.40 Å². The van der Waals surface area contributed by atoms with Crippen molar-refractivity contribution in [3.8, 4) is 5.69 Å². The minimum Gasteiger partial charge on any atom is -0.293 e. The maximum Gasteiger partial charge on any atom is 0.214 e. The second-order valence-electron chi connectivity index (χ2n) is 10.2. The number of piperazine rings is 1. The largest absolute Gasteiger partial charge is 0.293 e. The SMILES string of the molecule is Cc1cc2c(cnn2-c2ccc(F)cc2)cc1[C@@H]1CN(S(=O)(=O)CC(C)C)CCN1CC(C)C. The second kappa shape index (κ2) is 9.76. The summed E-state index contributed by atoms with van der Waals surface area (Å²) in [6.07, 6.45) is 1.82. The van der Waals surface area contributed by atoms with Gasteiger partial charge in [-0.15, -0.1) is 0 Å². The fourth-order valence-corrected chi connectivity index (χ4v) is 6.68. The molecule has 1 saturated heterocycles. The first-order chi connectivity index (χ1) is 16.0. The Hall–Kier alpha value is -2.29. The third kappa shape index (κ3) is 5.19. The van der Waals surface area contributed by atoms with E-state index in [9.17, 15) is 12.8 Å². The van der Waals surface area contributed by atoms with Crippen LogP contribution < -0.4 is 0 Å². The molecule has 0 unspecified atom stereocenters. The predicted molar refractivity (Wildman–Crippen MR) is 135 cm³/mol. The van der Waals surface area contributed by atoms with Gasteiger partial charge in [-0.25, -0.2) is 17.5 Å². The van der Waals surface area contributed by atoms with Gasteiger partial charge < -0.3 is 0 Å². The Kier molecular flexibility index (Phi) is 7.12. The number of nitrogens with zero attached hydrogens (tertiary/aromatic N) is 4. The number of sulfonamides is 1. The molecule has 1 aliphatic heterocycles. The van der Waals surface area contributed by atoms with Crippen molar-refractivity contribution in [1.82, 2.24) is 19.0 Å². The zero-order valence-electron chi connectivity index (χ0n) is 20.7. The van der Waals surface area contributed by atoms with Crippen LogP contribution in [0.3, 0.4) is 0 Å². The highest BCUT2D eigenvalue weighted by Crippen LogP contribution is 2.33. The third-order valence-corrected chi connectivity index (χ3v) is 8.58. The molecule has 2 aromatic carbocycles. The topological polar surface area (TPSA) is 58.4 Å². The molecule has 0 amide bonds. The minimum atomic E-state index is -3.31. The number of benzene rings is 2. The molecule has 1 atom stereocenters. The van der Waals surface area contributed by atoms with Gasteiger partial charge in [-0.05, 0) is 66.3 Å². The molecule has 1 aliphatic rings. The number of aryl methyl sites for hydroxylation is 1. The summed E-state index contributed by atoms with van der Waals surface area (Å²) in [6, 6.07) is 10.5. The molecule has 1 aromatic heterocycles. The van der Waals surface area contributed by atoms with Gasteiger partial charge in [-0.1, -0.05) is 27.7 Å². The first-order valence-electron chi connectivity index (χ1n) is 12.0. The lowest BCUT2D eigenvalue weighted by atomic mass is 9.96. The van der Waals surface area contributed by atoms with Gasteiger partial charge in [0.2, 0.25) is 10.0 Å². The first kappa shape index (κ1) is 24.8. The van der Waals surface area contributed by atoms with Gasteiger partial charge in [0.05, 0.1) is 23.2 Å². The van der Waals surface area contributed by atoms with Crippen LogP contribution in [0.5, 0.6) is 0 Å². The van der Waals surface area contributed by atoms with Crippen LogP contribution in [0.2, 0.25) is 0 Å². The average molecular weight is 487 g/mol. The van der Waals surface area contributed by atoms with E-state index in [1.54, 1.807) is 16.4 Å². The normalized spacial score (nSPS) is 18.4. The maximum absolute atomic E-state index is 13.4. The van der Waals surface area contributed by atoms with Crippen molar-refractivity contribution in [3.05, 3.63) is 59.5 Å². The lowest BCUT2D eigenvalue weighted by molar-refractivity contribution is 0.105. The molecule has 8 heteroatoms. The van der Waals surface area contributed by atoms with E-state index < -0.39 is 10.0 Å². The van der Waals surface area contributed by atoms with E-state index in [-0.39, 0.29) is 23.5 Å². The Balaban J connectivity index is 1.72.